The Bertz CT molecular complexity index is 459. The van der Waals surface area contributed by atoms with Gasteiger partial charge in [0.2, 0.25) is 0 Å². The van der Waals surface area contributed by atoms with Gasteiger partial charge in [0.1, 0.15) is 6.10 Å². The number of hydrogen-bond donors (Lipinski definition) is 0. The van der Waals surface area contributed by atoms with Crippen molar-refractivity contribution in [2.75, 3.05) is 25.6 Å². The van der Waals surface area contributed by atoms with Crippen LogP contribution in [-0.2, 0) is 24.3 Å². The summed E-state index contributed by atoms with van der Waals surface area (Å²) in [7, 11) is -4.15. The molecule has 0 bridgehead atoms. The van der Waals surface area contributed by atoms with Gasteiger partial charge in [0.15, 0.2) is 5.79 Å². The maximum atomic E-state index is 10.5. The van der Waals surface area contributed by atoms with Crippen molar-refractivity contribution in [1.82, 2.24) is 0 Å². The summed E-state index contributed by atoms with van der Waals surface area (Å²) < 4.78 is 48.6. The summed E-state index contributed by atoms with van der Waals surface area (Å²) in [5, 5.41) is 0. The van der Waals surface area contributed by atoms with E-state index in [1.54, 1.807) is 0 Å². The van der Waals surface area contributed by atoms with E-state index in [1.165, 1.54) is 51.4 Å². The monoisotopic (exact) mass is 416 g/mol. The van der Waals surface area contributed by atoms with Gasteiger partial charge in [0, 0.05) is 18.8 Å². The molecule has 1 heterocycles. The van der Waals surface area contributed by atoms with Gasteiger partial charge in [-0.3, -0.25) is 0 Å². The smallest absolute Gasteiger partial charge is 0.748 e. The van der Waals surface area contributed by atoms with Crippen LogP contribution in [0.25, 0.3) is 0 Å². The zero-order valence-electron chi connectivity index (χ0n) is 17.5. The Morgan fingerprint density at radius 2 is 1.63 bits per heavy atom. The first-order chi connectivity index (χ1) is 12.3. The Kier molecular flexibility index (Phi) is 16.1. The molecule has 0 N–H and O–H groups in total. The van der Waals surface area contributed by atoms with Crippen molar-refractivity contribution >= 4 is 10.1 Å². The normalized spacial score (nSPS) is 22.7. The molecule has 0 saturated carbocycles. The minimum absolute atomic E-state index is 0. The second-order valence-electron chi connectivity index (χ2n) is 7.45. The van der Waals surface area contributed by atoms with E-state index in [4.69, 9.17) is 14.2 Å². The standard InChI is InChI=1S/C19H38O6S.Na/c1-3-4-5-6-7-8-9-10-11-13-19(2)24-17-18(25-19)16-23-14-12-15-26(20,21)22;/h18H,3-17H2,1-2H3,(H,20,21,22);/q;+1/p-1. The van der Waals surface area contributed by atoms with Gasteiger partial charge in [-0.2, -0.15) is 0 Å². The molecule has 0 aliphatic carbocycles. The first kappa shape index (κ1) is 27.8. The third-order valence-corrected chi connectivity index (χ3v) is 5.50. The third kappa shape index (κ3) is 15.3. The van der Waals surface area contributed by atoms with Crippen LogP contribution in [0.15, 0.2) is 0 Å². The van der Waals surface area contributed by atoms with Crippen molar-refractivity contribution in [2.45, 2.75) is 96.4 Å². The zero-order chi connectivity index (χ0) is 19.3. The van der Waals surface area contributed by atoms with Gasteiger partial charge in [-0.1, -0.05) is 58.3 Å². The van der Waals surface area contributed by atoms with E-state index in [1.807, 2.05) is 6.92 Å². The van der Waals surface area contributed by atoms with Gasteiger partial charge < -0.3 is 18.8 Å². The molecular weight excluding hydrogens is 379 g/mol. The molecule has 27 heavy (non-hydrogen) atoms. The number of hydrogen-bond acceptors (Lipinski definition) is 6. The second-order valence-corrected chi connectivity index (χ2v) is 8.98. The predicted molar refractivity (Wildman–Crippen MR) is 101 cm³/mol. The Hall–Kier alpha value is 0.790. The fourth-order valence-electron chi connectivity index (χ4n) is 3.21. The first-order valence-electron chi connectivity index (χ1n) is 10.2. The molecule has 0 spiro atoms. The molecule has 8 heteroatoms. The Morgan fingerprint density at radius 1 is 1.04 bits per heavy atom. The molecule has 0 radical (unpaired) electrons. The van der Waals surface area contributed by atoms with Gasteiger partial charge in [0.05, 0.1) is 23.3 Å². The van der Waals surface area contributed by atoms with Crippen LogP contribution in [0.2, 0.25) is 0 Å². The molecule has 1 aliphatic heterocycles. The fraction of sp³-hybridized carbons (Fsp3) is 1.00. The molecule has 1 aliphatic rings. The van der Waals surface area contributed by atoms with Crippen LogP contribution < -0.4 is 29.6 Å². The number of ether oxygens (including phenoxy) is 3. The summed E-state index contributed by atoms with van der Waals surface area (Å²) >= 11 is 0. The van der Waals surface area contributed by atoms with E-state index in [-0.39, 0.29) is 54.4 Å². The maximum absolute atomic E-state index is 10.5. The van der Waals surface area contributed by atoms with Crippen molar-refractivity contribution in [1.29, 1.82) is 0 Å². The average Bonchev–Trinajstić information content (AvgIpc) is 2.93. The number of rotatable bonds is 16. The van der Waals surface area contributed by atoms with E-state index in [0.717, 1.165) is 12.8 Å². The van der Waals surface area contributed by atoms with Gasteiger partial charge in [-0.15, -0.1) is 0 Å². The van der Waals surface area contributed by atoms with Crippen LogP contribution in [-0.4, -0.2) is 50.4 Å². The molecule has 0 amide bonds. The van der Waals surface area contributed by atoms with E-state index in [2.05, 4.69) is 6.92 Å². The van der Waals surface area contributed by atoms with Crippen LogP contribution in [0.4, 0.5) is 0 Å². The minimum atomic E-state index is -4.15. The molecule has 2 unspecified atom stereocenters. The van der Waals surface area contributed by atoms with Crippen LogP contribution >= 0.6 is 0 Å². The van der Waals surface area contributed by atoms with Gasteiger partial charge >= 0.3 is 29.6 Å². The maximum Gasteiger partial charge on any atom is 1.00 e. The topological polar surface area (TPSA) is 84.9 Å². The van der Waals surface area contributed by atoms with E-state index in [0.29, 0.717) is 13.2 Å². The van der Waals surface area contributed by atoms with E-state index < -0.39 is 15.9 Å². The summed E-state index contributed by atoms with van der Waals surface area (Å²) in [6.07, 6.45) is 12.6. The minimum Gasteiger partial charge on any atom is -0.748 e. The van der Waals surface area contributed by atoms with Crippen LogP contribution in [0.5, 0.6) is 0 Å². The third-order valence-electron chi connectivity index (χ3n) is 4.71. The zero-order valence-corrected chi connectivity index (χ0v) is 20.4. The summed E-state index contributed by atoms with van der Waals surface area (Å²) in [5.74, 6) is -0.918. The van der Waals surface area contributed by atoms with E-state index >= 15 is 0 Å². The largest absolute Gasteiger partial charge is 1.00 e. The fourth-order valence-corrected chi connectivity index (χ4v) is 3.68. The molecule has 2 atom stereocenters. The van der Waals surface area contributed by atoms with Crippen molar-refractivity contribution < 1.29 is 56.7 Å². The van der Waals surface area contributed by atoms with Gasteiger partial charge in [0.25, 0.3) is 0 Å². The van der Waals surface area contributed by atoms with Gasteiger partial charge in [-0.05, 0) is 19.8 Å². The molecule has 0 aromatic heterocycles. The summed E-state index contributed by atoms with van der Waals surface area (Å²) in [6, 6.07) is 0. The summed E-state index contributed by atoms with van der Waals surface area (Å²) in [6.45, 7) is 5.32. The quantitative estimate of drug-likeness (QED) is 0.212. The first-order valence-corrected chi connectivity index (χ1v) is 11.8. The summed E-state index contributed by atoms with van der Waals surface area (Å²) in [4.78, 5) is 0. The molecule has 1 fully saturated rings. The Balaban J connectivity index is 0.00000676. The molecule has 1 saturated heterocycles. The molecule has 0 aromatic carbocycles. The Morgan fingerprint density at radius 3 is 2.22 bits per heavy atom. The SMILES string of the molecule is CCCCCCCCCCCC1(C)OCC(COCCCS(=O)(=O)[O-])O1.[Na+]. The molecule has 1 rings (SSSR count). The molecule has 6 nitrogen and oxygen atoms in total. The molecule has 0 aromatic rings. The summed E-state index contributed by atoms with van der Waals surface area (Å²) in [5.41, 5.74) is 0. The Labute approximate surface area is 188 Å². The molecule has 156 valence electrons. The molecular formula is C19H37NaO6S. The number of unbranched alkanes of at least 4 members (excludes halogenated alkanes) is 8. The predicted octanol–water partition coefficient (Wildman–Crippen LogP) is 0.995. The van der Waals surface area contributed by atoms with Crippen molar-refractivity contribution in [3.8, 4) is 0 Å². The van der Waals surface area contributed by atoms with Crippen molar-refractivity contribution in [3.05, 3.63) is 0 Å². The van der Waals surface area contributed by atoms with E-state index in [9.17, 15) is 13.0 Å². The van der Waals surface area contributed by atoms with Crippen LogP contribution in [0.3, 0.4) is 0 Å². The van der Waals surface area contributed by atoms with Crippen molar-refractivity contribution in [3.63, 3.8) is 0 Å². The van der Waals surface area contributed by atoms with Crippen molar-refractivity contribution in [2.24, 2.45) is 0 Å². The average molecular weight is 417 g/mol. The second kappa shape index (κ2) is 15.6. The van der Waals surface area contributed by atoms with Crippen LogP contribution in [0.1, 0.15) is 84.5 Å². The van der Waals surface area contributed by atoms with Crippen LogP contribution in [0, 0.1) is 0 Å². The van der Waals surface area contributed by atoms with Gasteiger partial charge in [-0.25, -0.2) is 8.42 Å².